The van der Waals surface area contributed by atoms with Gasteiger partial charge in [-0.15, -0.1) is 0 Å². The van der Waals surface area contributed by atoms with Crippen LogP contribution in [0.3, 0.4) is 0 Å². The molecule has 2 fully saturated rings. The van der Waals surface area contributed by atoms with Crippen molar-refractivity contribution in [3.05, 3.63) is 35.4 Å². The van der Waals surface area contributed by atoms with Crippen LogP contribution in [0.4, 0.5) is 0 Å². The number of benzene rings is 1. The summed E-state index contributed by atoms with van der Waals surface area (Å²) in [4.78, 5) is 13.6. The Morgan fingerprint density at radius 3 is 2.25 bits per heavy atom. The average Bonchev–Trinajstić information content (AvgIpc) is 2.97. The van der Waals surface area contributed by atoms with E-state index in [0.717, 1.165) is 13.0 Å². The fourth-order valence-corrected chi connectivity index (χ4v) is 3.98. The molecule has 1 aromatic rings. The van der Waals surface area contributed by atoms with Gasteiger partial charge in [-0.2, -0.15) is 0 Å². The predicted molar refractivity (Wildman–Crippen MR) is 81.8 cm³/mol. The van der Waals surface area contributed by atoms with Crippen LogP contribution in [0.5, 0.6) is 0 Å². The summed E-state index contributed by atoms with van der Waals surface area (Å²) < 4.78 is 0. The summed E-state index contributed by atoms with van der Waals surface area (Å²) in [5, 5.41) is 0. The highest BCUT2D eigenvalue weighted by Gasteiger charge is 2.45. The van der Waals surface area contributed by atoms with Crippen LogP contribution in [0.15, 0.2) is 24.3 Å². The molecule has 3 rings (SSSR count). The Labute approximate surface area is 122 Å². The fourth-order valence-electron chi connectivity index (χ4n) is 3.98. The molecule has 2 bridgehead atoms. The van der Waals surface area contributed by atoms with Gasteiger partial charge in [0.15, 0.2) is 0 Å². The summed E-state index contributed by atoms with van der Waals surface area (Å²) in [7, 11) is 0. The molecule has 0 N–H and O–H groups in total. The Hall–Kier alpha value is -1.31. The van der Waals surface area contributed by atoms with E-state index in [1.165, 1.54) is 17.5 Å². The van der Waals surface area contributed by atoms with Crippen LogP contribution in [0, 0.1) is 5.92 Å². The largest absolute Gasteiger partial charge is 0.340 e. The number of hydrogen-bond donors (Lipinski definition) is 0. The molecule has 108 valence electrons. The van der Waals surface area contributed by atoms with E-state index in [1.54, 1.807) is 6.92 Å². The van der Waals surface area contributed by atoms with Crippen LogP contribution in [0.1, 0.15) is 57.6 Å². The van der Waals surface area contributed by atoms with Gasteiger partial charge in [-0.3, -0.25) is 4.79 Å². The molecule has 0 spiro atoms. The van der Waals surface area contributed by atoms with Gasteiger partial charge in [0, 0.05) is 19.5 Å². The Morgan fingerprint density at radius 2 is 1.80 bits per heavy atom. The molecular formula is C18H25NO. The summed E-state index contributed by atoms with van der Waals surface area (Å²) >= 11 is 0. The molecular weight excluding hydrogens is 246 g/mol. The van der Waals surface area contributed by atoms with E-state index in [4.69, 9.17) is 0 Å². The van der Waals surface area contributed by atoms with Gasteiger partial charge in [0.1, 0.15) is 0 Å². The first-order chi connectivity index (χ1) is 9.36. The zero-order valence-electron chi connectivity index (χ0n) is 13.0. The van der Waals surface area contributed by atoms with Crippen molar-refractivity contribution in [3.63, 3.8) is 0 Å². The SMILES string of the molecule is CC(=O)N1C[C@H]2C[C@@H]1C[C@@H]2c1ccc(C(C)(C)C)cc1. The number of carbonyl (C=O) groups is 1. The first-order valence-corrected chi connectivity index (χ1v) is 7.74. The molecule has 0 unspecified atom stereocenters. The van der Waals surface area contributed by atoms with Crippen molar-refractivity contribution in [2.24, 2.45) is 5.92 Å². The minimum absolute atomic E-state index is 0.221. The maximum absolute atomic E-state index is 11.6. The van der Waals surface area contributed by atoms with E-state index in [-0.39, 0.29) is 11.3 Å². The normalized spacial score (nSPS) is 29.0. The molecule has 20 heavy (non-hydrogen) atoms. The summed E-state index contributed by atoms with van der Waals surface area (Å²) in [6.45, 7) is 9.43. The van der Waals surface area contributed by atoms with Gasteiger partial charge in [0.05, 0.1) is 0 Å². The second-order valence-electron chi connectivity index (χ2n) is 7.54. The first-order valence-electron chi connectivity index (χ1n) is 7.74. The van der Waals surface area contributed by atoms with Crippen molar-refractivity contribution in [2.45, 2.75) is 57.9 Å². The standard InChI is InChI=1S/C18H25NO/c1-12(20)19-11-14-9-16(19)10-17(14)13-5-7-15(8-6-13)18(2,3)4/h5-8,14,16-17H,9-11H2,1-4H3/t14-,16-,17-/m1/s1. The molecule has 3 atom stereocenters. The monoisotopic (exact) mass is 271 g/mol. The van der Waals surface area contributed by atoms with Gasteiger partial charge in [-0.1, -0.05) is 45.0 Å². The lowest BCUT2D eigenvalue weighted by Gasteiger charge is -2.31. The van der Waals surface area contributed by atoms with Crippen molar-refractivity contribution in [2.75, 3.05) is 6.54 Å². The van der Waals surface area contributed by atoms with Crippen LogP contribution in [-0.4, -0.2) is 23.4 Å². The summed E-state index contributed by atoms with van der Waals surface area (Å²) in [5.41, 5.74) is 3.09. The Bertz CT molecular complexity index is 511. The molecule has 1 heterocycles. The Kier molecular flexibility index (Phi) is 3.15. The number of amides is 1. The molecule has 1 aliphatic carbocycles. The van der Waals surface area contributed by atoms with Crippen molar-refractivity contribution in [3.8, 4) is 0 Å². The predicted octanol–water partition coefficient (Wildman–Crippen LogP) is 3.71. The maximum Gasteiger partial charge on any atom is 0.219 e. The smallest absolute Gasteiger partial charge is 0.219 e. The van der Waals surface area contributed by atoms with E-state index < -0.39 is 0 Å². The molecule has 1 aliphatic heterocycles. The van der Waals surface area contributed by atoms with Gasteiger partial charge >= 0.3 is 0 Å². The summed E-state index contributed by atoms with van der Waals surface area (Å²) in [6.07, 6.45) is 2.35. The molecule has 0 radical (unpaired) electrons. The van der Waals surface area contributed by atoms with Crippen LogP contribution < -0.4 is 0 Å². The van der Waals surface area contributed by atoms with Gasteiger partial charge in [-0.25, -0.2) is 0 Å². The van der Waals surface area contributed by atoms with Gasteiger partial charge in [0.2, 0.25) is 5.91 Å². The highest BCUT2D eigenvalue weighted by atomic mass is 16.2. The number of likely N-dealkylation sites (tertiary alicyclic amines) is 1. The molecule has 1 aromatic carbocycles. The Balaban J connectivity index is 1.75. The molecule has 1 saturated heterocycles. The van der Waals surface area contributed by atoms with Crippen molar-refractivity contribution in [1.82, 2.24) is 4.90 Å². The van der Waals surface area contributed by atoms with Gasteiger partial charge < -0.3 is 4.90 Å². The molecule has 2 heteroatoms. The number of rotatable bonds is 1. The molecule has 2 aliphatic rings. The van der Waals surface area contributed by atoms with E-state index >= 15 is 0 Å². The third-order valence-corrected chi connectivity index (χ3v) is 5.15. The quantitative estimate of drug-likeness (QED) is 0.762. The third kappa shape index (κ3) is 2.25. The van der Waals surface area contributed by atoms with Gasteiger partial charge in [0.25, 0.3) is 0 Å². The number of nitrogens with zero attached hydrogens (tertiary/aromatic N) is 1. The molecule has 1 saturated carbocycles. The lowest BCUT2D eigenvalue weighted by atomic mass is 9.83. The van der Waals surface area contributed by atoms with Crippen molar-refractivity contribution < 1.29 is 4.79 Å². The zero-order valence-corrected chi connectivity index (χ0v) is 13.0. The minimum atomic E-state index is 0.221. The third-order valence-electron chi connectivity index (χ3n) is 5.15. The number of hydrogen-bond acceptors (Lipinski definition) is 1. The van der Waals surface area contributed by atoms with Crippen molar-refractivity contribution in [1.29, 1.82) is 0 Å². The molecule has 2 nitrogen and oxygen atoms in total. The van der Waals surface area contributed by atoms with E-state index in [0.29, 0.717) is 17.9 Å². The van der Waals surface area contributed by atoms with E-state index in [9.17, 15) is 4.79 Å². The van der Waals surface area contributed by atoms with Crippen LogP contribution in [0.25, 0.3) is 0 Å². The fraction of sp³-hybridized carbons (Fsp3) is 0.611. The van der Waals surface area contributed by atoms with Gasteiger partial charge in [-0.05, 0) is 41.2 Å². The Morgan fingerprint density at radius 1 is 1.15 bits per heavy atom. The topological polar surface area (TPSA) is 20.3 Å². The minimum Gasteiger partial charge on any atom is -0.340 e. The number of piperidine rings is 1. The maximum atomic E-state index is 11.6. The van der Waals surface area contributed by atoms with Crippen molar-refractivity contribution >= 4 is 5.91 Å². The number of fused-ring (bicyclic) bond motifs is 2. The molecule has 1 amide bonds. The first kappa shape index (κ1) is 13.7. The number of carbonyl (C=O) groups excluding carboxylic acids is 1. The van der Waals surface area contributed by atoms with E-state index in [2.05, 4.69) is 49.9 Å². The highest BCUT2D eigenvalue weighted by Crippen LogP contribution is 2.47. The second-order valence-corrected chi connectivity index (χ2v) is 7.54. The average molecular weight is 271 g/mol. The summed E-state index contributed by atoms with van der Waals surface area (Å²) in [6, 6.07) is 9.67. The zero-order chi connectivity index (χ0) is 14.5. The second kappa shape index (κ2) is 4.61. The lowest BCUT2D eigenvalue weighted by Crippen LogP contribution is -2.38. The van der Waals surface area contributed by atoms with Crippen LogP contribution >= 0.6 is 0 Å². The van der Waals surface area contributed by atoms with Crippen LogP contribution in [-0.2, 0) is 10.2 Å². The molecule has 0 aromatic heterocycles. The van der Waals surface area contributed by atoms with Crippen LogP contribution in [0.2, 0.25) is 0 Å². The van der Waals surface area contributed by atoms with E-state index in [1.807, 2.05) is 0 Å². The lowest BCUT2D eigenvalue weighted by molar-refractivity contribution is -0.130. The highest BCUT2D eigenvalue weighted by molar-refractivity contribution is 5.74. The summed E-state index contributed by atoms with van der Waals surface area (Å²) in [5.74, 6) is 1.58.